The Hall–Kier alpha value is -2.04. The molecule has 0 heterocycles. The van der Waals surface area contributed by atoms with Crippen LogP contribution in [0.5, 0.6) is 5.75 Å². The van der Waals surface area contributed by atoms with Crippen molar-refractivity contribution >= 4 is 17.5 Å². The normalized spacial score (nSPS) is 15.2. The lowest BCUT2D eigenvalue weighted by Gasteiger charge is -2.33. The molecule has 1 aliphatic rings. The summed E-state index contributed by atoms with van der Waals surface area (Å²) >= 11 is 0. The monoisotopic (exact) mass is 332 g/mol. The molecule has 1 aliphatic carbocycles. The van der Waals surface area contributed by atoms with Crippen molar-refractivity contribution in [3.63, 3.8) is 0 Å². The molecule has 24 heavy (non-hydrogen) atoms. The highest BCUT2D eigenvalue weighted by molar-refractivity contribution is 5.95. The summed E-state index contributed by atoms with van der Waals surface area (Å²) in [6.45, 7) is 5.52. The van der Waals surface area contributed by atoms with Crippen LogP contribution < -0.4 is 10.1 Å². The van der Waals surface area contributed by atoms with Gasteiger partial charge in [-0.1, -0.05) is 31.4 Å². The number of ether oxygens (including phenoxy) is 1. The van der Waals surface area contributed by atoms with Gasteiger partial charge in [-0.05, 0) is 38.8 Å². The zero-order valence-corrected chi connectivity index (χ0v) is 14.9. The third-order valence-corrected chi connectivity index (χ3v) is 4.26. The molecule has 1 fully saturated rings. The van der Waals surface area contributed by atoms with E-state index in [0.29, 0.717) is 11.4 Å². The molecule has 0 unspecified atom stereocenters. The molecule has 0 atom stereocenters. The molecule has 1 aromatic carbocycles. The number of carbonyl (C=O) groups is 2. The Morgan fingerprint density at radius 2 is 1.88 bits per heavy atom. The predicted molar refractivity (Wildman–Crippen MR) is 95.1 cm³/mol. The minimum Gasteiger partial charge on any atom is -0.489 e. The summed E-state index contributed by atoms with van der Waals surface area (Å²) in [4.78, 5) is 26.1. The van der Waals surface area contributed by atoms with Gasteiger partial charge in [0.2, 0.25) is 11.8 Å². The zero-order valence-electron chi connectivity index (χ0n) is 14.9. The number of hydrogen-bond donors (Lipinski definition) is 1. The number of rotatable bonds is 6. The summed E-state index contributed by atoms with van der Waals surface area (Å²) in [6, 6.07) is 7.56. The van der Waals surface area contributed by atoms with Gasteiger partial charge < -0.3 is 15.0 Å². The number of hydrogen-bond acceptors (Lipinski definition) is 3. The molecule has 1 N–H and O–H groups in total. The third kappa shape index (κ3) is 5.25. The molecule has 0 aromatic heterocycles. The second kappa shape index (κ2) is 8.71. The van der Waals surface area contributed by atoms with Crippen molar-refractivity contribution in [3.8, 4) is 5.75 Å². The molecule has 2 amide bonds. The first-order valence-corrected chi connectivity index (χ1v) is 8.80. The molecule has 0 spiro atoms. The van der Waals surface area contributed by atoms with E-state index < -0.39 is 0 Å². The van der Waals surface area contributed by atoms with Crippen molar-refractivity contribution < 1.29 is 14.3 Å². The van der Waals surface area contributed by atoms with Crippen LogP contribution in [0.1, 0.15) is 52.9 Å². The van der Waals surface area contributed by atoms with Crippen LogP contribution in [0, 0.1) is 0 Å². The van der Waals surface area contributed by atoms with Gasteiger partial charge in [0.05, 0.1) is 11.8 Å². The summed E-state index contributed by atoms with van der Waals surface area (Å²) in [7, 11) is 0. The number of anilines is 1. The van der Waals surface area contributed by atoms with Crippen LogP contribution in [0.25, 0.3) is 0 Å². The lowest BCUT2D eigenvalue weighted by atomic mass is 9.94. The number of benzene rings is 1. The van der Waals surface area contributed by atoms with E-state index in [2.05, 4.69) is 5.32 Å². The van der Waals surface area contributed by atoms with Crippen LogP contribution in [0.3, 0.4) is 0 Å². The van der Waals surface area contributed by atoms with Crippen molar-refractivity contribution in [2.75, 3.05) is 11.9 Å². The van der Waals surface area contributed by atoms with Gasteiger partial charge in [0, 0.05) is 13.0 Å². The zero-order chi connectivity index (χ0) is 17.5. The summed E-state index contributed by atoms with van der Waals surface area (Å²) in [5.74, 6) is 0.423. The SMILES string of the molecule is CC(=O)N(CC(=O)Nc1ccccc1OC(C)C)C1CCCCC1. The lowest BCUT2D eigenvalue weighted by Crippen LogP contribution is -2.44. The van der Waals surface area contributed by atoms with Crippen LogP contribution >= 0.6 is 0 Å². The Bertz CT molecular complexity index is 565. The maximum atomic E-state index is 12.4. The van der Waals surface area contributed by atoms with Gasteiger partial charge in [-0.25, -0.2) is 0 Å². The van der Waals surface area contributed by atoms with Gasteiger partial charge in [0.15, 0.2) is 0 Å². The van der Waals surface area contributed by atoms with E-state index in [1.165, 1.54) is 13.3 Å². The Morgan fingerprint density at radius 1 is 1.21 bits per heavy atom. The second-order valence-electron chi connectivity index (χ2n) is 6.65. The van der Waals surface area contributed by atoms with Crippen molar-refractivity contribution in [2.24, 2.45) is 0 Å². The minimum atomic E-state index is -0.185. The fourth-order valence-electron chi connectivity index (χ4n) is 3.16. The maximum absolute atomic E-state index is 12.4. The van der Waals surface area contributed by atoms with Crippen molar-refractivity contribution in [2.45, 2.75) is 65.0 Å². The summed E-state index contributed by atoms with van der Waals surface area (Å²) in [6.07, 6.45) is 5.47. The molecule has 0 saturated heterocycles. The van der Waals surface area contributed by atoms with Crippen molar-refractivity contribution in [1.82, 2.24) is 4.90 Å². The molecule has 5 heteroatoms. The van der Waals surface area contributed by atoms with Gasteiger partial charge in [0.1, 0.15) is 12.3 Å². The standard InChI is InChI=1S/C19H28N2O3/c1-14(2)24-18-12-8-7-11-17(18)20-19(23)13-21(15(3)22)16-9-5-4-6-10-16/h7-8,11-12,14,16H,4-6,9-10,13H2,1-3H3,(H,20,23). The van der Waals surface area contributed by atoms with E-state index >= 15 is 0 Å². The molecular formula is C19H28N2O3. The quantitative estimate of drug-likeness (QED) is 0.866. The van der Waals surface area contributed by atoms with E-state index in [4.69, 9.17) is 4.74 Å². The van der Waals surface area contributed by atoms with E-state index in [0.717, 1.165) is 25.7 Å². The van der Waals surface area contributed by atoms with Gasteiger partial charge in [-0.15, -0.1) is 0 Å². The Morgan fingerprint density at radius 3 is 2.50 bits per heavy atom. The third-order valence-electron chi connectivity index (χ3n) is 4.26. The van der Waals surface area contributed by atoms with E-state index in [-0.39, 0.29) is 30.5 Å². The summed E-state index contributed by atoms with van der Waals surface area (Å²) in [5, 5.41) is 2.88. The molecular weight excluding hydrogens is 304 g/mol. The van der Waals surface area contributed by atoms with E-state index in [9.17, 15) is 9.59 Å². The average Bonchev–Trinajstić information content (AvgIpc) is 2.54. The van der Waals surface area contributed by atoms with Crippen LogP contribution in [-0.2, 0) is 9.59 Å². The highest BCUT2D eigenvalue weighted by atomic mass is 16.5. The smallest absolute Gasteiger partial charge is 0.244 e. The van der Waals surface area contributed by atoms with Crippen LogP contribution in [-0.4, -0.2) is 35.4 Å². The van der Waals surface area contributed by atoms with Gasteiger partial charge >= 0.3 is 0 Å². The molecule has 1 saturated carbocycles. The summed E-state index contributed by atoms with van der Waals surface area (Å²) in [5.41, 5.74) is 0.642. The topological polar surface area (TPSA) is 58.6 Å². The van der Waals surface area contributed by atoms with Gasteiger partial charge in [-0.3, -0.25) is 9.59 Å². The number of carbonyl (C=O) groups excluding carboxylic acids is 2. The highest BCUT2D eigenvalue weighted by Gasteiger charge is 2.25. The minimum absolute atomic E-state index is 0.0269. The molecule has 1 aromatic rings. The molecule has 0 aliphatic heterocycles. The van der Waals surface area contributed by atoms with E-state index in [1.807, 2.05) is 38.1 Å². The van der Waals surface area contributed by atoms with Gasteiger partial charge in [0.25, 0.3) is 0 Å². The first kappa shape index (κ1) is 18.3. The molecule has 0 bridgehead atoms. The Labute approximate surface area is 144 Å². The van der Waals surface area contributed by atoms with Gasteiger partial charge in [-0.2, -0.15) is 0 Å². The molecule has 132 valence electrons. The highest BCUT2D eigenvalue weighted by Crippen LogP contribution is 2.26. The van der Waals surface area contributed by atoms with E-state index in [1.54, 1.807) is 4.90 Å². The Balaban J connectivity index is 2.02. The predicted octanol–water partition coefficient (Wildman–Crippen LogP) is 3.59. The van der Waals surface area contributed by atoms with Crippen molar-refractivity contribution in [1.29, 1.82) is 0 Å². The Kier molecular flexibility index (Phi) is 6.64. The van der Waals surface area contributed by atoms with Crippen LogP contribution in [0.2, 0.25) is 0 Å². The number of para-hydroxylation sites is 2. The average molecular weight is 332 g/mol. The second-order valence-corrected chi connectivity index (χ2v) is 6.65. The fourth-order valence-corrected chi connectivity index (χ4v) is 3.16. The maximum Gasteiger partial charge on any atom is 0.244 e. The van der Waals surface area contributed by atoms with Crippen molar-refractivity contribution in [3.05, 3.63) is 24.3 Å². The molecule has 0 radical (unpaired) electrons. The largest absolute Gasteiger partial charge is 0.489 e. The van der Waals surface area contributed by atoms with Crippen LogP contribution in [0.4, 0.5) is 5.69 Å². The summed E-state index contributed by atoms with van der Waals surface area (Å²) < 4.78 is 5.72. The number of nitrogens with zero attached hydrogens (tertiary/aromatic N) is 1. The molecule has 5 nitrogen and oxygen atoms in total. The molecule has 2 rings (SSSR count). The van der Waals surface area contributed by atoms with Crippen LogP contribution in [0.15, 0.2) is 24.3 Å². The fraction of sp³-hybridized carbons (Fsp3) is 0.579. The first-order chi connectivity index (χ1) is 11.5. The first-order valence-electron chi connectivity index (χ1n) is 8.80. The number of amides is 2. The lowest BCUT2D eigenvalue weighted by molar-refractivity contribution is -0.135. The number of nitrogens with one attached hydrogen (secondary N) is 1.